The summed E-state index contributed by atoms with van der Waals surface area (Å²) in [5.41, 5.74) is 0.872. The van der Waals surface area contributed by atoms with Gasteiger partial charge in [0.25, 0.3) is 11.9 Å². The number of ether oxygens (including phenoxy) is 3. The van der Waals surface area contributed by atoms with E-state index in [2.05, 4.69) is 30.9 Å². The number of thiophene rings is 1. The summed E-state index contributed by atoms with van der Waals surface area (Å²) in [6, 6.07) is 7.31. The van der Waals surface area contributed by atoms with Crippen LogP contribution in [0.5, 0.6) is 17.2 Å². The Morgan fingerprint density at radius 2 is 2.07 bits per heavy atom. The number of pyridine rings is 1. The van der Waals surface area contributed by atoms with Gasteiger partial charge in [0.15, 0.2) is 17.2 Å². The minimum Gasteiger partial charge on any atom is -0.493 e. The number of aromatic nitrogens is 5. The Morgan fingerprint density at radius 3 is 2.76 bits per heavy atom. The highest BCUT2D eigenvalue weighted by Gasteiger charge is 2.23. The van der Waals surface area contributed by atoms with Crippen molar-refractivity contribution in [3.8, 4) is 17.2 Å². The van der Waals surface area contributed by atoms with Crippen molar-refractivity contribution in [3.05, 3.63) is 47.1 Å². The number of fused-ring (bicyclic) bond motifs is 1. The molecule has 0 saturated carbocycles. The van der Waals surface area contributed by atoms with Crippen molar-refractivity contribution in [1.82, 2.24) is 25.6 Å². The predicted octanol–water partition coefficient (Wildman–Crippen LogP) is 2.66. The second-order valence-electron chi connectivity index (χ2n) is 5.80. The van der Waals surface area contributed by atoms with Crippen molar-refractivity contribution in [1.29, 1.82) is 0 Å². The third-order valence-electron chi connectivity index (χ3n) is 4.03. The Labute approximate surface area is 168 Å². The van der Waals surface area contributed by atoms with Crippen molar-refractivity contribution in [2.45, 2.75) is 6.61 Å². The zero-order chi connectivity index (χ0) is 20.2. The summed E-state index contributed by atoms with van der Waals surface area (Å²) >= 11 is 1.26. The van der Waals surface area contributed by atoms with Crippen molar-refractivity contribution >= 4 is 33.3 Å². The van der Waals surface area contributed by atoms with Crippen molar-refractivity contribution in [2.24, 2.45) is 0 Å². The van der Waals surface area contributed by atoms with Gasteiger partial charge in [-0.15, -0.1) is 16.4 Å². The van der Waals surface area contributed by atoms with E-state index >= 15 is 0 Å². The van der Waals surface area contributed by atoms with Gasteiger partial charge in [-0.3, -0.25) is 15.1 Å². The lowest BCUT2D eigenvalue weighted by Crippen LogP contribution is -2.13. The van der Waals surface area contributed by atoms with Crippen LogP contribution in [0.1, 0.15) is 15.2 Å². The van der Waals surface area contributed by atoms with Crippen LogP contribution in [0.25, 0.3) is 10.1 Å². The smallest absolute Gasteiger partial charge is 0.272 e. The van der Waals surface area contributed by atoms with Gasteiger partial charge in [0, 0.05) is 34.1 Å². The fraction of sp³-hybridized carbons (Fsp3) is 0.167. The summed E-state index contributed by atoms with van der Waals surface area (Å²) in [6.07, 6.45) is 3.39. The maximum absolute atomic E-state index is 12.8. The summed E-state index contributed by atoms with van der Waals surface area (Å²) in [5.74, 6) is 1.18. The number of rotatable bonds is 7. The summed E-state index contributed by atoms with van der Waals surface area (Å²) in [6.45, 7) is 0.247. The molecule has 0 unspecified atom stereocenters. The van der Waals surface area contributed by atoms with E-state index in [-0.39, 0.29) is 12.6 Å². The molecule has 4 aromatic rings. The largest absolute Gasteiger partial charge is 0.493 e. The fourth-order valence-electron chi connectivity index (χ4n) is 2.71. The van der Waals surface area contributed by atoms with Crippen LogP contribution in [-0.2, 0) is 6.61 Å². The molecule has 1 aromatic carbocycles. The van der Waals surface area contributed by atoms with Crippen LogP contribution in [0, 0.1) is 0 Å². The summed E-state index contributed by atoms with van der Waals surface area (Å²) in [7, 11) is 3.11. The number of carbonyl (C=O) groups is 1. The molecule has 11 heteroatoms. The number of nitrogens with zero attached hydrogens (tertiary/aromatic N) is 4. The first kappa shape index (κ1) is 18.6. The number of amides is 1. The van der Waals surface area contributed by atoms with Crippen LogP contribution >= 0.6 is 11.3 Å². The number of benzene rings is 1. The van der Waals surface area contributed by atoms with Crippen LogP contribution in [0.4, 0.5) is 5.95 Å². The van der Waals surface area contributed by atoms with Gasteiger partial charge in [0.1, 0.15) is 11.5 Å². The molecule has 3 heterocycles. The van der Waals surface area contributed by atoms with Crippen molar-refractivity contribution in [3.63, 3.8) is 0 Å². The van der Waals surface area contributed by atoms with Crippen molar-refractivity contribution < 1.29 is 19.0 Å². The second-order valence-corrected chi connectivity index (χ2v) is 6.86. The van der Waals surface area contributed by atoms with E-state index in [0.29, 0.717) is 22.1 Å². The minimum atomic E-state index is -0.410. The molecule has 0 aliphatic heterocycles. The highest BCUT2D eigenvalue weighted by atomic mass is 32.1. The molecule has 3 aromatic heterocycles. The lowest BCUT2D eigenvalue weighted by molar-refractivity contribution is 0.102. The molecule has 1 amide bonds. The number of hydrogen-bond donors (Lipinski definition) is 2. The monoisotopic (exact) mass is 412 g/mol. The predicted molar refractivity (Wildman–Crippen MR) is 106 cm³/mol. The second kappa shape index (κ2) is 8.10. The Balaban J connectivity index is 1.76. The molecule has 0 aliphatic carbocycles. The summed E-state index contributed by atoms with van der Waals surface area (Å²) in [5, 5.41) is 16.6. The van der Waals surface area contributed by atoms with Gasteiger partial charge in [-0.2, -0.15) is 5.21 Å². The maximum Gasteiger partial charge on any atom is 0.272 e. The topological polar surface area (TPSA) is 124 Å². The van der Waals surface area contributed by atoms with Crippen LogP contribution in [0.2, 0.25) is 0 Å². The SMILES string of the molecule is COc1cc2sc(C(=O)Nc3nn[nH]n3)c(OCc3cccnc3)c2cc1OC. The number of hydrogen-bond acceptors (Lipinski definition) is 9. The van der Waals surface area contributed by atoms with Crippen LogP contribution < -0.4 is 19.5 Å². The first-order chi connectivity index (χ1) is 14.2. The molecule has 10 nitrogen and oxygen atoms in total. The molecule has 0 fully saturated rings. The number of nitrogens with one attached hydrogen (secondary N) is 2. The average Bonchev–Trinajstić information content (AvgIpc) is 3.39. The van der Waals surface area contributed by atoms with Crippen molar-refractivity contribution in [2.75, 3.05) is 19.5 Å². The quantitative estimate of drug-likeness (QED) is 0.475. The Morgan fingerprint density at radius 1 is 1.24 bits per heavy atom. The van der Waals surface area contributed by atoms with Crippen LogP contribution in [0.3, 0.4) is 0 Å². The maximum atomic E-state index is 12.8. The van der Waals surface area contributed by atoms with Crippen LogP contribution in [0.15, 0.2) is 36.7 Å². The Hall–Kier alpha value is -3.73. The summed E-state index contributed by atoms with van der Waals surface area (Å²) < 4.78 is 17.6. The van der Waals surface area contributed by atoms with Gasteiger partial charge < -0.3 is 14.2 Å². The number of anilines is 1. The Bertz CT molecular complexity index is 1130. The highest BCUT2D eigenvalue weighted by molar-refractivity contribution is 7.21. The van der Waals surface area contributed by atoms with Gasteiger partial charge in [-0.1, -0.05) is 11.2 Å². The third-order valence-corrected chi connectivity index (χ3v) is 5.16. The van der Waals surface area contributed by atoms with E-state index in [1.54, 1.807) is 38.7 Å². The Kier molecular flexibility index (Phi) is 5.20. The molecule has 148 valence electrons. The van der Waals surface area contributed by atoms with Crippen LogP contribution in [-0.4, -0.2) is 45.7 Å². The zero-order valence-electron chi connectivity index (χ0n) is 15.5. The molecule has 0 spiro atoms. The summed E-state index contributed by atoms with van der Waals surface area (Å²) in [4.78, 5) is 17.3. The van der Waals surface area contributed by atoms with Gasteiger partial charge in [0.05, 0.1) is 14.2 Å². The normalized spacial score (nSPS) is 10.7. The minimum absolute atomic E-state index is 0.0702. The van der Waals surface area contributed by atoms with E-state index in [9.17, 15) is 4.79 Å². The van der Waals surface area contributed by atoms with Gasteiger partial charge in [-0.05, 0) is 17.3 Å². The van der Waals surface area contributed by atoms with E-state index < -0.39 is 5.91 Å². The molecule has 0 bridgehead atoms. The molecule has 0 aliphatic rings. The van der Waals surface area contributed by atoms with E-state index in [1.165, 1.54) is 11.3 Å². The molecule has 0 saturated heterocycles. The molecule has 29 heavy (non-hydrogen) atoms. The third kappa shape index (κ3) is 3.80. The first-order valence-corrected chi connectivity index (χ1v) is 9.26. The van der Waals surface area contributed by atoms with E-state index in [0.717, 1.165) is 15.6 Å². The molecular formula is C18H16N6O4S. The van der Waals surface area contributed by atoms with Gasteiger partial charge >= 0.3 is 0 Å². The zero-order valence-corrected chi connectivity index (χ0v) is 16.3. The number of carbonyl (C=O) groups excluding carboxylic acids is 1. The number of aromatic amines is 1. The van der Waals surface area contributed by atoms with Gasteiger partial charge in [-0.25, -0.2) is 0 Å². The van der Waals surface area contributed by atoms with E-state index in [1.807, 2.05) is 12.1 Å². The lowest BCUT2D eigenvalue weighted by atomic mass is 10.2. The molecular weight excluding hydrogens is 396 g/mol. The number of methoxy groups -OCH3 is 2. The molecule has 4 rings (SSSR count). The average molecular weight is 412 g/mol. The number of H-pyrrole nitrogens is 1. The van der Waals surface area contributed by atoms with Gasteiger partial charge in [0.2, 0.25) is 0 Å². The van der Waals surface area contributed by atoms with E-state index in [4.69, 9.17) is 14.2 Å². The highest BCUT2D eigenvalue weighted by Crippen LogP contribution is 2.44. The fourth-order valence-corrected chi connectivity index (χ4v) is 3.76. The molecule has 2 N–H and O–H groups in total. The lowest BCUT2D eigenvalue weighted by Gasteiger charge is -2.10. The first-order valence-electron chi connectivity index (χ1n) is 8.44. The standard InChI is InChI=1S/C18H16N6O4S/c1-26-12-6-11-14(7-13(12)27-2)29-16(17(25)20-18-21-23-24-22-18)15(11)28-9-10-4-3-5-19-8-10/h3-8H,9H2,1-2H3,(H2,20,21,22,23,24,25). The molecule has 0 radical (unpaired) electrons. The number of tetrazole rings is 1. The molecule has 0 atom stereocenters.